The van der Waals surface area contributed by atoms with Crippen LogP contribution in [0.5, 0.6) is 0 Å². The summed E-state index contributed by atoms with van der Waals surface area (Å²) in [5.74, 6) is 0.934. The van der Waals surface area contributed by atoms with E-state index < -0.39 is 5.60 Å². The first-order chi connectivity index (χ1) is 11.9. The molecule has 1 aromatic heterocycles. The van der Waals surface area contributed by atoms with E-state index >= 15 is 0 Å². The van der Waals surface area contributed by atoms with Crippen molar-refractivity contribution in [3.8, 4) is 0 Å². The van der Waals surface area contributed by atoms with E-state index in [1.807, 2.05) is 27.5 Å². The number of likely N-dealkylation sites (tertiary alicyclic amines) is 1. The highest BCUT2D eigenvalue weighted by Crippen LogP contribution is 2.34. The molecule has 0 aromatic carbocycles. The van der Waals surface area contributed by atoms with Gasteiger partial charge < -0.3 is 19.1 Å². The SMILES string of the molecule is CCC[C@@H](C)N1CC2(CCN(C(=O)Cn3ccnc3C)CC2)OC1=O. The number of imidazole rings is 1. The number of aryl methyl sites for hydroxylation is 1. The van der Waals surface area contributed by atoms with Gasteiger partial charge in [-0.1, -0.05) is 13.3 Å². The van der Waals surface area contributed by atoms with Crippen LogP contribution in [0, 0.1) is 6.92 Å². The summed E-state index contributed by atoms with van der Waals surface area (Å²) in [7, 11) is 0. The Labute approximate surface area is 148 Å². The third-order valence-corrected chi connectivity index (χ3v) is 5.49. The van der Waals surface area contributed by atoms with Crippen molar-refractivity contribution in [2.45, 2.75) is 64.6 Å². The second-order valence-corrected chi connectivity index (χ2v) is 7.30. The van der Waals surface area contributed by atoms with E-state index in [4.69, 9.17) is 4.74 Å². The Kier molecular flexibility index (Phi) is 5.01. The summed E-state index contributed by atoms with van der Waals surface area (Å²) in [6.07, 6.45) is 6.79. The largest absolute Gasteiger partial charge is 0.441 e. The summed E-state index contributed by atoms with van der Waals surface area (Å²) in [6.45, 7) is 8.33. The van der Waals surface area contributed by atoms with Gasteiger partial charge in [-0.25, -0.2) is 9.78 Å². The minimum atomic E-state index is -0.416. The molecule has 1 aromatic rings. The van der Waals surface area contributed by atoms with Crippen LogP contribution >= 0.6 is 0 Å². The first-order valence-corrected chi connectivity index (χ1v) is 9.19. The van der Waals surface area contributed by atoms with Gasteiger partial charge in [0.25, 0.3) is 0 Å². The average molecular weight is 348 g/mol. The number of aromatic nitrogens is 2. The van der Waals surface area contributed by atoms with Crippen LogP contribution in [0.25, 0.3) is 0 Å². The van der Waals surface area contributed by atoms with Crippen molar-refractivity contribution in [1.29, 1.82) is 0 Å². The molecule has 0 saturated carbocycles. The summed E-state index contributed by atoms with van der Waals surface area (Å²) in [5.41, 5.74) is -0.416. The molecule has 0 aliphatic carbocycles. The number of carbonyl (C=O) groups excluding carboxylic acids is 2. The molecule has 0 unspecified atom stereocenters. The van der Waals surface area contributed by atoms with E-state index in [1.54, 1.807) is 6.20 Å². The number of piperidine rings is 1. The molecule has 0 N–H and O–H groups in total. The third kappa shape index (κ3) is 3.65. The lowest BCUT2D eigenvalue weighted by Crippen LogP contribution is -2.49. The van der Waals surface area contributed by atoms with E-state index in [0.29, 0.717) is 39.0 Å². The first kappa shape index (κ1) is 17.8. The van der Waals surface area contributed by atoms with Crippen molar-refractivity contribution in [3.05, 3.63) is 18.2 Å². The number of nitrogens with zero attached hydrogens (tertiary/aromatic N) is 4. The summed E-state index contributed by atoms with van der Waals surface area (Å²) in [6, 6.07) is 0.209. The molecule has 2 saturated heterocycles. The maximum absolute atomic E-state index is 12.5. The summed E-state index contributed by atoms with van der Waals surface area (Å²) in [4.78, 5) is 32.6. The zero-order chi connectivity index (χ0) is 18.0. The summed E-state index contributed by atoms with van der Waals surface area (Å²) < 4.78 is 7.61. The van der Waals surface area contributed by atoms with Crippen molar-refractivity contribution >= 4 is 12.0 Å². The Morgan fingerprint density at radius 3 is 2.72 bits per heavy atom. The van der Waals surface area contributed by atoms with Crippen LogP contribution in [-0.2, 0) is 16.1 Å². The Hall–Kier alpha value is -2.05. The monoisotopic (exact) mass is 348 g/mol. The molecule has 2 fully saturated rings. The van der Waals surface area contributed by atoms with Crippen LogP contribution in [-0.4, -0.2) is 62.6 Å². The summed E-state index contributed by atoms with van der Waals surface area (Å²) >= 11 is 0. The summed E-state index contributed by atoms with van der Waals surface area (Å²) in [5, 5.41) is 0. The molecule has 2 amide bonds. The molecule has 3 heterocycles. The maximum Gasteiger partial charge on any atom is 0.410 e. The number of carbonyl (C=O) groups is 2. The van der Waals surface area contributed by atoms with Crippen LogP contribution in [0.4, 0.5) is 4.79 Å². The highest BCUT2D eigenvalue weighted by molar-refractivity contribution is 5.76. The normalized spacial score (nSPS) is 20.8. The smallest absolute Gasteiger partial charge is 0.410 e. The van der Waals surface area contributed by atoms with Gasteiger partial charge in [0.2, 0.25) is 5.91 Å². The zero-order valence-corrected chi connectivity index (χ0v) is 15.4. The highest BCUT2D eigenvalue weighted by atomic mass is 16.6. The second-order valence-electron chi connectivity index (χ2n) is 7.30. The van der Waals surface area contributed by atoms with Gasteiger partial charge in [-0.15, -0.1) is 0 Å². The van der Waals surface area contributed by atoms with Crippen molar-refractivity contribution in [3.63, 3.8) is 0 Å². The lowest BCUT2D eigenvalue weighted by molar-refractivity contribution is -0.135. The molecule has 1 spiro atoms. The Bertz CT molecular complexity index is 634. The lowest BCUT2D eigenvalue weighted by Gasteiger charge is -2.37. The quantitative estimate of drug-likeness (QED) is 0.818. The standard InChI is InChI=1S/C18H28N4O3/c1-4-5-14(2)22-13-18(25-17(22)24)6-9-20(10-7-18)16(23)12-21-11-8-19-15(21)3/h8,11,14H,4-7,9-10,12-13H2,1-3H3/t14-/m1/s1. The molecular weight excluding hydrogens is 320 g/mol. The third-order valence-electron chi connectivity index (χ3n) is 5.49. The number of amides is 2. The van der Waals surface area contributed by atoms with Crippen LogP contribution in [0.2, 0.25) is 0 Å². The molecule has 7 heteroatoms. The van der Waals surface area contributed by atoms with E-state index in [0.717, 1.165) is 18.7 Å². The Balaban J connectivity index is 1.56. The topological polar surface area (TPSA) is 67.7 Å². The van der Waals surface area contributed by atoms with Crippen LogP contribution in [0.15, 0.2) is 12.4 Å². The zero-order valence-electron chi connectivity index (χ0n) is 15.4. The minimum absolute atomic E-state index is 0.0940. The highest BCUT2D eigenvalue weighted by Gasteiger charge is 2.48. The minimum Gasteiger partial charge on any atom is -0.441 e. The molecule has 25 heavy (non-hydrogen) atoms. The van der Waals surface area contributed by atoms with Gasteiger partial charge in [0.1, 0.15) is 18.0 Å². The van der Waals surface area contributed by atoms with Crippen LogP contribution in [0.1, 0.15) is 45.4 Å². The number of hydrogen-bond acceptors (Lipinski definition) is 4. The average Bonchev–Trinajstić information content (AvgIpc) is 3.12. The number of ether oxygens (including phenoxy) is 1. The molecular formula is C18H28N4O3. The van der Waals surface area contributed by atoms with Gasteiger partial charge in [-0.3, -0.25) is 4.79 Å². The lowest BCUT2D eigenvalue weighted by atomic mass is 9.91. The van der Waals surface area contributed by atoms with Gasteiger partial charge in [-0.2, -0.15) is 0 Å². The van der Waals surface area contributed by atoms with Crippen LogP contribution < -0.4 is 0 Å². The van der Waals surface area contributed by atoms with Crippen molar-refractivity contribution in [1.82, 2.24) is 19.4 Å². The van der Waals surface area contributed by atoms with E-state index in [2.05, 4.69) is 18.8 Å². The van der Waals surface area contributed by atoms with Gasteiger partial charge in [0, 0.05) is 44.4 Å². The second kappa shape index (κ2) is 7.06. The number of hydrogen-bond donors (Lipinski definition) is 0. The van der Waals surface area contributed by atoms with Crippen molar-refractivity contribution in [2.75, 3.05) is 19.6 Å². The van der Waals surface area contributed by atoms with Gasteiger partial charge in [-0.05, 0) is 20.3 Å². The van der Waals surface area contributed by atoms with Gasteiger partial charge >= 0.3 is 6.09 Å². The molecule has 7 nitrogen and oxygen atoms in total. The molecule has 1 atom stereocenters. The van der Waals surface area contributed by atoms with Crippen molar-refractivity contribution in [2.24, 2.45) is 0 Å². The Morgan fingerprint density at radius 1 is 1.40 bits per heavy atom. The molecule has 2 aliphatic rings. The van der Waals surface area contributed by atoms with E-state index in [9.17, 15) is 9.59 Å². The van der Waals surface area contributed by atoms with Crippen LogP contribution in [0.3, 0.4) is 0 Å². The number of rotatable bonds is 5. The van der Waals surface area contributed by atoms with Crippen molar-refractivity contribution < 1.29 is 14.3 Å². The molecule has 3 rings (SSSR count). The van der Waals surface area contributed by atoms with Gasteiger partial charge in [0.15, 0.2) is 0 Å². The fourth-order valence-electron chi connectivity index (χ4n) is 3.80. The van der Waals surface area contributed by atoms with E-state index in [1.165, 1.54) is 0 Å². The Morgan fingerprint density at radius 2 is 2.12 bits per heavy atom. The predicted octanol–water partition coefficient (Wildman–Crippen LogP) is 2.19. The predicted molar refractivity (Wildman–Crippen MR) is 93.1 cm³/mol. The molecule has 2 aliphatic heterocycles. The molecule has 0 radical (unpaired) electrons. The first-order valence-electron chi connectivity index (χ1n) is 9.19. The van der Waals surface area contributed by atoms with E-state index in [-0.39, 0.29) is 18.0 Å². The molecule has 0 bridgehead atoms. The molecule has 138 valence electrons. The fourth-order valence-corrected chi connectivity index (χ4v) is 3.80. The fraction of sp³-hybridized carbons (Fsp3) is 0.722. The van der Waals surface area contributed by atoms with Gasteiger partial charge in [0.05, 0.1) is 6.54 Å². The maximum atomic E-state index is 12.5.